The summed E-state index contributed by atoms with van der Waals surface area (Å²) in [5.74, 6) is 0.794. The van der Waals surface area contributed by atoms with E-state index < -0.39 is 0 Å². The van der Waals surface area contributed by atoms with Crippen molar-refractivity contribution < 1.29 is 9.53 Å². The highest BCUT2D eigenvalue weighted by Gasteiger charge is 2.32. The summed E-state index contributed by atoms with van der Waals surface area (Å²) < 4.78 is 5.46. The Hall–Kier alpha value is -2.98. The lowest BCUT2D eigenvalue weighted by Gasteiger charge is -2.38. The van der Waals surface area contributed by atoms with Crippen LogP contribution in [0, 0.1) is 0 Å². The number of aryl methyl sites for hydroxylation is 1. The lowest BCUT2D eigenvalue weighted by molar-refractivity contribution is 0.180. The van der Waals surface area contributed by atoms with Gasteiger partial charge >= 0.3 is 6.03 Å². The number of amides is 2. The molecule has 1 unspecified atom stereocenters. The highest BCUT2D eigenvalue weighted by atomic mass is 35.5. The van der Waals surface area contributed by atoms with E-state index in [0.717, 1.165) is 36.1 Å². The summed E-state index contributed by atoms with van der Waals surface area (Å²) >= 11 is 6.12. The van der Waals surface area contributed by atoms with Gasteiger partial charge < -0.3 is 15.0 Å². The van der Waals surface area contributed by atoms with Crippen LogP contribution in [0.2, 0.25) is 5.02 Å². The molecule has 1 atom stereocenters. The zero-order valence-electron chi connectivity index (χ0n) is 17.7. The monoisotopic (exact) mass is 434 g/mol. The Balaban J connectivity index is 1.52. The average molecular weight is 435 g/mol. The molecule has 160 valence electrons. The maximum Gasteiger partial charge on any atom is 0.318 e. The Morgan fingerprint density at radius 1 is 1.10 bits per heavy atom. The van der Waals surface area contributed by atoms with Crippen molar-refractivity contribution in [2.75, 3.05) is 20.2 Å². The lowest BCUT2D eigenvalue weighted by atomic mass is 9.88. The Bertz CT molecular complexity index is 1020. The number of ether oxygens (including phenoxy) is 1. The molecule has 1 N–H and O–H groups in total. The molecular weight excluding hydrogens is 408 g/mol. The van der Waals surface area contributed by atoms with E-state index in [4.69, 9.17) is 16.3 Å². The van der Waals surface area contributed by atoms with Crippen LogP contribution in [-0.4, -0.2) is 31.1 Å². The Morgan fingerprint density at radius 3 is 2.61 bits per heavy atom. The molecule has 0 saturated carbocycles. The molecule has 1 aliphatic heterocycles. The second-order valence-corrected chi connectivity index (χ2v) is 8.22. The fraction of sp³-hybridized carbons (Fsp3) is 0.269. The predicted molar refractivity (Wildman–Crippen MR) is 125 cm³/mol. The SMILES string of the molecule is COc1ccc2c(c1)C(c1ccc(Cl)cc1)N(C(=O)NCCCc1ccccc1)CC2. The first-order chi connectivity index (χ1) is 15.2. The molecular formula is C26H27ClN2O2. The maximum absolute atomic E-state index is 13.2. The number of carbonyl (C=O) groups excluding carboxylic acids is 1. The third-order valence-electron chi connectivity index (χ3n) is 5.79. The first-order valence-corrected chi connectivity index (χ1v) is 11.0. The van der Waals surface area contributed by atoms with Crippen molar-refractivity contribution in [3.05, 3.63) is 100 Å². The van der Waals surface area contributed by atoms with Crippen LogP contribution >= 0.6 is 11.6 Å². The highest BCUT2D eigenvalue weighted by molar-refractivity contribution is 6.30. The van der Waals surface area contributed by atoms with Gasteiger partial charge in [0.1, 0.15) is 5.75 Å². The summed E-state index contributed by atoms with van der Waals surface area (Å²) in [6, 6.07) is 24.0. The van der Waals surface area contributed by atoms with Crippen LogP contribution in [0.15, 0.2) is 72.8 Å². The van der Waals surface area contributed by atoms with Crippen molar-refractivity contribution in [1.29, 1.82) is 0 Å². The van der Waals surface area contributed by atoms with E-state index >= 15 is 0 Å². The number of rotatable bonds is 6. The highest BCUT2D eigenvalue weighted by Crippen LogP contribution is 2.37. The molecule has 3 aromatic carbocycles. The number of hydrogen-bond donors (Lipinski definition) is 1. The second-order valence-electron chi connectivity index (χ2n) is 7.78. The largest absolute Gasteiger partial charge is 0.497 e. The second kappa shape index (κ2) is 9.88. The zero-order valence-corrected chi connectivity index (χ0v) is 18.4. The van der Waals surface area contributed by atoms with Gasteiger partial charge in [-0.3, -0.25) is 0 Å². The van der Waals surface area contributed by atoms with Gasteiger partial charge in [0.15, 0.2) is 0 Å². The van der Waals surface area contributed by atoms with Crippen molar-refractivity contribution in [3.63, 3.8) is 0 Å². The molecule has 0 aromatic heterocycles. The average Bonchev–Trinajstić information content (AvgIpc) is 2.82. The third-order valence-corrected chi connectivity index (χ3v) is 6.04. The molecule has 4 rings (SSSR count). The molecule has 0 aliphatic carbocycles. The van der Waals surface area contributed by atoms with E-state index in [9.17, 15) is 4.79 Å². The molecule has 0 saturated heterocycles. The quantitative estimate of drug-likeness (QED) is 0.510. The lowest BCUT2D eigenvalue weighted by Crippen LogP contribution is -2.46. The van der Waals surface area contributed by atoms with Crippen LogP contribution in [0.25, 0.3) is 0 Å². The molecule has 1 aliphatic rings. The molecule has 0 radical (unpaired) electrons. The zero-order chi connectivity index (χ0) is 21.6. The maximum atomic E-state index is 13.2. The number of halogens is 1. The van der Waals surface area contributed by atoms with Crippen molar-refractivity contribution >= 4 is 17.6 Å². The van der Waals surface area contributed by atoms with Gasteiger partial charge in [-0.25, -0.2) is 4.79 Å². The van der Waals surface area contributed by atoms with E-state index in [1.165, 1.54) is 11.1 Å². The number of carbonyl (C=O) groups is 1. The molecule has 0 spiro atoms. The van der Waals surface area contributed by atoms with E-state index in [2.05, 4.69) is 23.5 Å². The number of fused-ring (bicyclic) bond motifs is 1. The molecule has 4 nitrogen and oxygen atoms in total. The van der Waals surface area contributed by atoms with Crippen LogP contribution in [0.3, 0.4) is 0 Å². The molecule has 1 heterocycles. The first kappa shape index (κ1) is 21.3. The summed E-state index contributed by atoms with van der Waals surface area (Å²) in [4.78, 5) is 15.1. The van der Waals surface area contributed by atoms with Crippen molar-refractivity contribution in [1.82, 2.24) is 10.2 Å². The number of nitrogens with zero attached hydrogens (tertiary/aromatic N) is 1. The number of methoxy groups -OCH3 is 1. The van der Waals surface area contributed by atoms with E-state index in [-0.39, 0.29) is 12.1 Å². The topological polar surface area (TPSA) is 41.6 Å². The summed E-state index contributed by atoms with van der Waals surface area (Å²) in [7, 11) is 1.67. The van der Waals surface area contributed by atoms with Crippen molar-refractivity contribution in [2.45, 2.75) is 25.3 Å². The fourth-order valence-electron chi connectivity index (χ4n) is 4.18. The number of benzene rings is 3. The summed E-state index contributed by atoms with van der Waals surface area (Å²) in [6.45, 7) is 1.31. The first-order valence-electron chi connectivity index (χ1n) is 10.7. The van der Waals surface area contributed by atoms with Gasteiger partial charge in [0.2, 0.25) is 0 Å². The van der Waals surface area contributed by atoms with Gasteiger partial charge in [-0.2, -0.15) is 0 Å². The van der Waals surface area contributed by atoms with Gasteiger partial charge in [-0.15, -0.1) is 0 Å². The minimum atomic E-state index is -0.176. The van der Waals surface area contributed by atoms with Gasteiger partial charge in [0.05, 0.1) is 13.2 Å². The minimum absolute atomic E-state index is 0.0403. The Labute approximate surface area is 188 Å². The van der Waals surface area contributed by atoms with Crippen molar-refractivity contribution in [2.24, 2.45) is 0 Å². The Morgan fingerprint density at radius 2 is 1.87 bits per heavy atom. The number of hydrogen-bond acceptors (Lipinski definition) is 2. The minimum Gasteiger partial charge on any atom is -0.497 e. The number of urea groups is 1. The van der Waals surface area contributed by atoms with E-state index in [1.54, 1.807) is 7.11 Å². The smallest absolute Gasteiger partial charge is 0.318 e. The number of nitrogens with one attached hydrogen (secondary N) is 1. The molecule has 31 heavy (non-hydrogen) atoms. The third kappa shape index (κ3) is 5.02. The predicted octanol–water partition coefficient (Wildman–Crippen LogP) is 5.64. The molecule has 0 fully saturated rings. The van der Waals surface area contributed by atoms with E-state index in [0.29, 0.717) is 18.1 Å². The van der Waals surface area contributed by atoms with Crippen molar-refractivity contribution in [3.8, 4) is 5.75 Å². The molecule has 0 bridgehead atoms. The summed E-state index contributed by atoms with van der Waals surface area (Å²) in [5.41, 5.74) is 4.68. The van der Waals surface area contributed by atoms with Gasteiger partial charge in [0, 0.05) is 18.1 Å². The van der Waals surface area contributed by atoms with Gasteiger partial charge in [-0.05, 0) is 65.8 Å². The van der Waals surface area contributed by atoms with Crippen LogP contribution < -0.4 is 10.1 Å². The fourth-order valence-corrected chi connectivity index (χ4v) is 4.30. The Kier molecular flexibility index (Phi) is 6.78. The van der Waals surface area contributed by atoms with Crippen LogP contribution in [0.4, 0.5) is 4.79 Å². The normalized spacial score (nSPS) is 15.3. The summed E-state index contributed by atoms with van der Waals surface area (Å²) in [6.07, 6.45) is 2.67. The molecule has 3 aromatic rings. The van der Waals surface area contributed by atoms with Crippen LogP contribution in [0.1, 0.15) is 34.7 Å². The van der Waals surface area contributed by atoms with Crippen LogP contribution in [0.5, 0.6) is 5.75 Å². The standard InChI is InChI=1S/C26H27ClN2O2/c1-31-23-14-11-20-15-17-29(25(24(20)18-23)21-9-12-22(27)13-10-21)26(30)28-16-5-8-19-6-3-2-4-7-19/h2-4,6-7,9-14,18,25H,5,8,15-17H2,1H3,(H,28,30). The van der Waals surface area contributed by atoms with E-state index in [1.807, 2.05) is 59.5 Å². The van der Waals surface area contributed by atoms with Crippen LogP contribution in [-0.2, 0) is 12.8 Å². The summed E-state index contributed by atoms with van der Waals surface area (Å²) in [5, 5.41) is 3.81. The molecule has 5 heteroatoms. The van der Waals surface area contributed by atoms with Gasteiger partial charge in [0.25, 0.3) is 0 Å². The van der Waals surface area contributed by atoms with Gasteiger partial charge in [-0.1, -0.05) is 60.1 Å². The molecule has 2 amide bonds.